The molecule has 2 amide bonds. The summed E-state index contributed by atoms with van der Waals surface area (Å²) in [4.78, 5) is 28.1. The van der Waals surface area contributed by atoms with Gasteiger partial charge in [0, 0.05) is 35.9 Å². The molecule has 0 atom stereocenters. The van der Waals surface area contributed by atoms with Crippen LogP contribution in [0.4, 0.5) is 19.3 Å². The number of benzene rings is 3. The Morgan fingerprint density at radius 3 is 2.66 bits per heavy atom. The van der Waals surface area contributed by atoms with Crippen LogP contribution in [0.15, 0.2) is 64.4 Å². The highest BCUT2D eigenvalue weighted by atomic mass is 19.1. The number of urea groups is 1. The second-order valence-electron chi connectivity index (χ2n) is 8.19. The number of aliphatic imine (C=N–C) groups is 1. The van der Waals surface area contributed by atoms with Crippen LogP contribution in [-0.4, -0.2) is 28.6 Å². The van der Waals surface area contributed by atoms with E-state index in [1.807, 2.05) is 12.1 Å². The van der Waals surface area contributed by atoms with Crippen LogP contribution in [0.2, 0.25) is 0 Å². The van der Waals surface area contributed by atoms with E-state index in [0.29, 0.717) is 46.4 Å². The lowest BCUT2D eigenvalue weighted by Crippen LogP contribution is -2.39. The van der Waals surface area contributed by atoms with Gasteiger partial charge in [-0.1, -0.05) is 36.4 Å². The molecule has 0 radical (unpaired) electrons. The third-order valence-corrected chi connectivity index (χ3v) is 5.87. The number of nitrogens with one attached hydrogen (secondary N) is 3. The minimum atomic E-state index is -0.654. The van der Waals surface area contributed by atoms with Gasteiger partial charge < -0.3 is 5.32 Å². The first kappa shape index (κ1) is 22.4. The second-order valence-corrected chi connectivity index (χ2v) is 8.19. The Morgan fingerprint density at radius 1 is 1.06 bits per heavy atom. The molecule has 0 fully saturated rings. The first-order chi connectivity index (χ1) is 16.9. The van der Waals surface area contributed by atoms with Gasteiger partial charge >= 0.3 is 6.03 Å². The molecule has 9 heteroatoms. The first-order valence-electron chi connectivity index (χ1n) is 11.1. The molecule has 0 saturated carbocycles. The Bertz CT molecular complexity index is 1560. The van der Waals surface area contributed by atoms with Crippen LogP contribution < -0.4 is 16.2 Å². The zero-order valence-electron chi connectivity index (χ0n) is 18.8. The molecular weight excluding hydrogens is 452 g/mol. The molecule has 1 aliphatic heterocycles. The molecule has 35 heavy (non-hydrogen) atoms. The lowest BCUT2D eigenvalue weighted by atomic mass is 9.97. The Morgan fingerprint density at radius 2 is 1.86 bits per heavy atom. The zero-order valence-corrected chi connectivity index (χ0v) is 18.8. The van der Waals surface area contributed by atoms with Crippen molar-refractivity contribution >= 4 is 28.3 Å². The quantitative estimate of drug-likeness (QED) is 0.411. The fourth-order valence-electron chi connectivity index (χ4n) is 4.23. The van der Waals surface area contributed by atoms with E-state index in [1.165, 1.54) is 12.1 Å². The highest BCUT2D eigenvalue weighted by Crippen LogP contribution is 2.37. The van der Waals surface area contributed by atoms with Gasteiger partial charge in [-0.15, -0.1) is 0 Å². The van der Waals surface area contributed by atoms with Crippen molar-refractivity contribution in [1.29, 1.82) is 0 Å². The number of aromatic nitrogens is 2. The number of aromatic amines is 1. The number of hydrogen-bond acceptors (Lipinski definition) is 4. The number of nitrogens with zero attached hydrogens (tertiary/aromatic N) is 2. The second kappa shape index (κ2) is 9.09. The summed E-state index contributed by atoms with van der Waals surface area (Å²) >= 11 is 0. The van der Waals surface area contributed by atoms with E-state index < -0.39 is 17.7 Å². The molecule has 0 bridgehead atoms. The average molecular weight is 473 g/mol. The van der Waals surface area contributed by atoms with Crippen molar-refractivity contribution in [2.45, 2.75) is 19.8 Å². The summed E-state index contributed by atoms with van der Waals surface area (Å²) in [7, 11) is 0. The molecule has 0 saturated heterocycles. The van der Waals surface area contributed by atoms with Gasteiger partial charge in [0.25, 0.3) is 5.56 Å². The van der Waals surface area contributed by atoms with Crippen molar-refractivity contribution < 1.29 is 13.6 Å². The number of amidine groups is 1. The van der Waals surface area contributed by atoms with Gasteiger partial charge in [0.05, 0.1) is 11.1 Å². The molecule has 5 rings (SSSR count). The van der Waals surface area contributed by atoms with Gasteiger partial charge in [0.15, 0.2) is 5.82 Å². The van der Waals surface area contributed by atoms with E-state index in [9.17, 15) is 14.0 Å². The average Bonchev–Trinajstić information content (AvgIpc) is 3.26. The molecule has 0 aliphatic carbocycles. The van der Waals surface area contributed by atoms with Crippen LogP contribution in [0.25, 0.3) is 21.9 Å². The highest BCUT2D eigenvalue weighted by Gasteiger charge is 2.23. The molecule has 1 aromatic heterocycles. The van der Waals surface area contributed by atoms with E-state index in [2.05, 4.69) is 25.8 Å². The summed E-state index contributed by atoms with van der Waals surface area (Å²) in [5, 5.41) is 13.1. The molecule has 0 unspecified atom stereocenters. The summed E-state index contributed by atoms with van der Waals surface area (Å²) in [6.45, 7) is 2.24. The molecule has 3 N–H and O–H groups in total. The van der Waals surface area contributed by atoms with Crippen molar-refractivity contribution in [2.75, 3.05) is 6.54 Å². The predicted molar refractivity (Wildman–Crippen MR) is 130 cm³/mol. The number of halogens is 2. The van der Waals surface area contributed by atoms with Gasteiger partial charge in [0.2, 0.25) is 0 Å². The minimum Gasteiger partial charge on any atom is -0.338 e. The van der Waals surface area contributed by atoms with Crippen molar-refractivity contribution in [3.05, 3.63) is 93.4 Å². The van der Waals surface area contributed by atoms with Crippen LogP contribution in [0.1, 0.15) is 23.7 Å². The van der Waals surface area contributed by atoms with Crippen molar-refractivity contribution in [3.8, 4) is 11.1 Å². The summed E-state index contributed by atoms with van der Waals surface area (Å²) in [5.41, 5.74) is 1.91. The molecule has 3 aromatic carbocycles. The largest absolute Gasteiger partial charge is 0.338 e. The van der Waals surface area contributed by atoms with E-state index in [-0.39, 0.29) is 28.8 Å². The van der Waals surface area contributed by atoms with Crippen LogP contribution in [-0.2, 0) is 12.8 Å². The minimum absolute atomic E-state index is 0.0744. The summed E-state index contributed by atoms with van der Waals surface area (Å²) in [6, 6.07) is 14.4. The van der Waals surface area contributed by atoms with Crippen LogP contribution in [0, 0.1) is 11.6 Å². The SMILES string of the molecule is CCNC(=O)NC1=Nc2c(ccc(-c3cc(Cc4n[nH]c(=O)c5ccccc45)ccc3F)c2F)C1. The summed E-state index contributed by atoms with van der Waals surface area (Å²) in [5.74, 6) is -0.902. The van der Waals surface area contributed by atoms with Crippen LogP contribution in [0.3, 0.4) is 0 Å². The monoisotopic (exact) mass is 473 g/mol. The highest BCUT2D eigenvalue weighted by molar-refractivity contribution is 6.02. The van der Waals surface area contributed by atoms with Gasteiger partial charge in [-0.05, 0) is 36.2 Å². The number of fused-ring (bicyclic) bond motifs is 2. The first-order valence-corrected chi connectivity index (χ1v) is 11.1. The molecule has 176 valence electrons. The Balaban J connectivity index is 1.49. The van der Waals surface area contributed by atoms with Crippen LogP contribution in [0.5, 0.6) is 0 Å². The molecular formula is C26H21F2N5O2. The topological polar surface area (TPSA) is 99.2 Å². The van der Waals surface area contributed by atoms with Crippen molar-refractivity contribution in [1.82, 2.24) is 20.8 Å². The predicted octanol–water partition coefficient (Wildman–Crippen LogP) is 4.36. The van der Waals surface area contributed by atoms with Gasteiger partial charge in [-0.2, -0.15) is 5.10 Å². The van der Waals surface area contributed by atoms with E-state index >= 15 is 4.39 Å². The zero-order chi connectivity index (χ0) is 24.5. The van der Waals surface area contributed by atoms with Crippen molar-refractivity contribution in [2.24, 2.45) is 4.99 Å². The van der Waals surface area contributed by atoms with Crippen molar-refractivity contribution in [3.63, 3.8) is 0 Å². The smallest absolute Gasteiger partial charge is 0.320 e. The van der Waals surface area contributed by atoms with E-state index in [1.54, 1.807) is 37.3 Å². The third kappa shape index (κ3) is 4.28. The molecule has 1 aliphatic rings. The number of H-pyrrole nitrogens is 1. The maximum Gasteiger partial charge on any atom is 0.320 e. The molecule has 2 heterocycles. The number of hydrogen-bond donors (Lipinski definition) is 3. The summed E-state index contributed by atoms with van der Waals surface area (Å²) < 4.78 is 30.3. The Hall–Kier alpha value is -4.40. The molecule has 7 nitrogen and oxygen atoms in total. The third-order valence-electron chi connectivity index (χ3n) is 5.87. The van der Waals surface area contributed by atoms with Crippen LogP contribution >= 0.6 is 0 Å². The fraction of sp³-hybridized carbons (Fsp3) is 0.154. The standard InChI is InChI=1S/C26H21F2N5O2/c1-2-29-26(35)31-22-13-15-8-9-17(23(28)24(15)30-22)19-11-14(7-10-20(19)27)12-21-16-5-3-4-6-18(16)25(34)33-32-21/h3-11H,2,12-13H2,1H3,(H,33,34)(H2,29,30,31,35). The number of carbonyl (C=O) groups excluding carboxylic acids is 1. The Kier molecular flexibility index (Phi) is 5.82. The fourth-order valence-corrected chi connectivity index (χ4v) is 4.23. The number of amides is 2. The Labute approximate surface area is 198 Å². The van der Waals surface area contributed by atoms with Gasteiger partial charge in [-0.25, -0.2) is 23.7 Å². The lowest BCUT2D eigenvalue weighted by molar-refractivity contribution is 0.245. The lowest BCUT2D eigenvalue weighted by Gasteiger charge is -2.11. The van der Waals surface area contributed by atoms with Gasteiger partial charge in [0.1, 0.15) is 17.3 Å². The maximum absolute atomic E-state index is 15.5. The van der Waals surface area contributed by atoms with E-state index in [0.717, 1.165) is 0 Å². The summed E-state index contributed by atoms with van der Waals surface area (Å²) in [6.07, 6.45) is 0.590. The molecule has 0 spiro atoms. The van der Waals surface area contributed by atoms with Gasteiger partial charge in [-0.3, -0.25) is 10.1 Å². The maximum atomic E-state index is 15.5. The van der Waals surface area contributed by atoms with E-state index in [4.69, 9.17) is 0 Å². The molecule has 4 aromatic rings. The normalized spacial score (nSPS) is 12.4. The number of rotatable bonds is 4. The number of carbonyl (C=O) groups is 1.